The van der Waals surface area contributed by atoms with E-state index >= 15 is 0 Å². The Hall–Kier alpha value is -2.04. The van der Waals surface area contributed by atoms with Gasteiger partial charge in [0.2, 0.25) is 0 Å². The van der Waals surface area contributed by atoms with Gasteiger partial charge < -0.3 is 0 Å². The predicted molar refractivity (Wildman–Crippen MR) is 88.3 cm³/mol. The summed E-state index contributed by atoms with van der Waals surface area (Å²) in [4.78, 5) is 1.12. The van der Waals surface area contributed by atoms with Crippen LogP contribution >= 0.6 is 11.3 Å². The molecule has 0 aliphatic heterocycles. The maximum atomic E-state index is 3.27. The summed E-state index contributed by atoms with van der Waals surface area (Å²) in [6.45, 7) is 4.41. The third kappa shape index (κ3) is 2.76. The van der Waals surface area contributed by atoms with Gasteiger partial charge in [0.1, 0.15) is 0 Å². The molecule has 20 heavy (non-hydrogen) atoms. The Morgan fingerprint density at radius 3 is 2.35 bits per heavy atom. The zero-order valence-electron chi connectivity index (χ0n) is 11.7. The van der Waals surface area contributed by atoms with E-state index in [-0.39, 0.29) is 0 Å². The van der Waals surface area contributed by atoms with E-state index in [4.69, 9.17) is 0 Å². The lowest BCUT2D eigenvalue weighted by molar-refractivity contribution is 0.866. The SMILES string of the molecule is CC(C)c1ccc(C#Cc2cc3ccccc3s2)cc1. The van der Waals surface area contributed by atoms with Crippen LogP contribution in [-0.2, 0) is 0 Å². The number of thiophene rings is 1. The van der Waals surface area contributed by atoms with Crippen molar-refractivity contribution in [1.82, 2.24) is 0 Å². The topological polar surface area (TPSA) is 0 Å². The third-order valence-corrected chi connectivity index (χ3v) is 4.36. The van der Waals surface area contributed by atoms with Crippen LogP contribution in [0.2, 0.25) is 0 Å². The van der Waals surface area contributed by atoms with Crippen molar-refractivity contribution in [2.24, 2.45) is 0 Å². The van der Waals surface area contributed by atoms with Crippen molar-refractivity contribution in [2.75, 3.05) is 0 Å². The number of benzene rings is 2. The van der Waals surface area contributed by atoms with E-state index in [1.165, 1.54) is 15.6 Å². The number of hydrogen-bond acceptors (Lipinski definition) is 1. The first-order valence-electron chi connectivity index (χ1n) is 6.83. The van der Waals surface area contributed by atoms with Crippen LogP contribution in [0.15, 0.2) is 54.6 Å². The monoisotopic (exact) mass is 276 g/mol. The van der Waals surface area contributed by atoms with Gasteiger partial charge in [-0.3, -0.25) is 0 Å². The van der Waals surface area contributed by atoms with E-state index in [1.807, 2.05) is 0 Å². The number of rotatable bonds is 1. The van der Waals surface area contributed by atoms with E-state index in [0.29, 0.717) is 5.92 Å². The Morgan fingerprint density at radius 1 is 0.900 bits per heavy atom. The molecule has 2 aromatic carbocycles. The quantitative estimate of drug-likeness (QED) is 0.520. The minimum absolute atomic E-state index is 0.569. The molecule has 0 spiro atoms. The molecule has 3 rings (SSSR count). The van der Waals surface area contributed by atoms with Crippen LogP contribution in [0.25, 0.3) is 10.1 Å². The first-order valence-corrected chi connectivity index (χ1v) is 7.64. The van der Waals surface area contributed by atoms with Gasteiger partial charge >= 0.3 is 0 Å². The molecule has 0 amide bonds. The Kier molecular flexibility index (Phi) is 3.58. The van der Waals surface area contributed by atoms with Crippen LogP contribution in [-0.4, -0.2) is 0 Å². The fourth-order valence-electron chi connectivity index (χ4n) is 2.13. The number of fused-ring (bicyclic) bond motifs is 1. The molecule has 0 saturated heterocycles. The van der Waals surface area contributed by atoms with Gasteiger partial charge in [-0.05, 0) is 41.1 Å². The normalized spacial score (nSPS) is 10.6. The smallest absolute Gasteiger partial charge is 0.0784 e. The second kappa shape index (κ2) is 5.53. The van der Waals surface area contributed by atoms with Gasteiger partial charge in [-0.15, -0.1) is 11.3 Å². The summed E-state index contributed by atoms with van der Waals surface area (Å²) in [6.07, 6.45) is 0. The lowest BCUT2D eigenvalue weighted by Gasteiger charge is -2.03. The molecule has 3 aromatic rings. The van der Waals surface area contributed by atoms with E-state index in [9.17, 15) is 0 Å². The minimum Gasteiger partial charge on any atom is -0.127 e. The summed E-state index contributed by atoms with van der Waals surface area (Å²) >= 11 is 1.75. The van der Waals surface area contributed by atoms with Gasteiger partial charge in [-0.2, -0.15) is 0 Å². The second-order valence-corrected chi connectivity index (χ2v) is 6.26. The lowest BCUT2D eigenvalue weighted by atomic mass is 10.0. The van der Waals surface area contributed by atoms with Gasteiger partial charge in [0, 0.05) is 10.3 Å². The van der Waals surface area contributed by atoms with Gasteiger partial charge in [-0.25, -0.2) is 0 Å². The minimum atomic E-state index is 0.569. The van der Waals surface area contributed by atoms with E-state index in [1.54, 1.807) is 11.3 Å². The fraction of sp³-hybridized carbons (Fsp3) is 0.158. The Bertz CT molecular complexity index is 747. The zero-order chi connectivity index (χ0) is 13.9. The molecular weight excluding hydrogens is 260 g/mol. The van der Waals surface area contributed by atoms with Crippen LogP contribution in [0.1, 0.15) is 35.8 Å². The van der Waals surface area contributed by atoms with Crippen LogP contribution < -0.4 is 0 Å². The van der Waals surface area contributed by atoms with Crippen LogP contribution in [0.3, 0.4) is 0 Å². The highest BCUT2D eigenvalue weighted by Gasteiger charge is 1.99. The first-order chi connectivity index (χ1) is 9.72. The van der Waals surface area contributed by atoms with Gasteiger partial charge in [0.05, 0.1) is 4.88 Å². The molecule has 0 N–H and O–H groups in total. The molecule has 1 heteroatoms. The second-order valence-electron chi connectivity index (χ2n) is 5.18. The molecule has 0 saturated carbocycles. The molecule has 0 atom stereocenters. The average molecular weight is 276 g/mol. The zero-order valence-corrected chi connectivity index (χ0v) is 12.5. The molecule has 0 aliphatic carbocycles. The van der Waals surface area contributed by atoms with Crippen molar-refractivity contribution in [2.45, 2.75) is 19.8 Å². The van der Waals surface area contributed by atoms with Crippen molar-refractivity contribution < 1.29 is 0 Å². The molecule has 0 fully saturated rings. The predicted octanol–water partition coefficient (Wildman–Crippen LogP) is 5.42. The fourth-order valence-corrected chi connectivity index (χ4v) is 3.04. The molecule has 98 valence electrons. The van der Waals surface area contributed by atoms with Crippen molar-refractivity contribution in [3.8, 4) is 11.8 Å². The van der Waals surface area contributed by atoms with Crippen LogP contribution in [0.4, 0.5) is 0 Å². The molecule has 0 nitrogen and oxygen atoms in total. The maximum absolute atomic E-state index is 3.27. The highest BCUT2D eigenvalue weighted by atomic mass is 32.1. The molecule has 0 radical (unpaired) electrons. The van der Waals surface area contributed by atoms with Gasteiger partial charge in [0.25, 0.3) is 0 Å². The van der Waals surface area contributed by atoms with Crippen molar-refractivity contribution >= 4 is 21.4 Å². The maximum Gasteiger partial charge on any atom is 0.0784 e. The summed E-state index contributed by atoms with van der Waals surface area (Å²) in [6, 6.07) is 19.1. The Labute approximate surface area is 124 Å². The van der Waals surface area contributed by atoms with E-state index < -0.39 is 0 Å². The molecule has 0 aliphatic rings. The van der Waals surface area contributed by atoms with Gasteiger partial charge in [-0.1, -0.05) is 56.0 Å². The molecule has 0 unspecified atom stereocenters. The van der Waals surface area contributed by atoms with Crippen molar-refractivity contribution in [1.29, 1.82) is 0 Å². The van der Waals surface area contributed by atoms with E-state index in [2.05, 4.69) is 80.3 Å². The lowest BCUT2D eigenvalue weighted by Crippen LogP contribution is -1.86. The third-order valence-electron chi connectivity index (χ3n) is 3.33. The van der Waals surface area contributed by atoms with Crippen LogP contribution in [0.5, 0.6) is 0 Å². The average Bonchev–Trinajstić information content (AvgIpc) is 2.88. The summed E-state index contributed by atoms with van der Waals surface area (Å²) in [5.74, 6) is 7.09. The number of hydrogen-bond donors (Lipinski definition) is 0. The summed E-state index contributed by atoms with van der Waals surface area (Å²) in [7, 11) is 0. The van der Waals surface area contributed by atoms with Gasteiger partial charge in [0.15, 0.2) is 0 Å². The van der Waals surface area contributed by atoms with Crippen molar-refractivity contribution in [3.63, 3.8) is 0 Å². The first kappa shape index (κ1) is 13.0. The highest BCUT2D eigenvalue weighted by Crippen LogP contribution is 2.24. The van der Waals surface area contributed by atoms with E-state index in [0.717, 1.165) is 10.4 Å². The van der Waals surface area contributed by atoms with Crippen molar-refractivity contribution in [3.05, 3.63) is 70.6 Å². The summed E-state index contributed by atoms with van der Waals surface area (Å²) < 4.78 is 1.30. The molecule has 0 bridgehead atoms. The highest BCUT2D eigenvalue weighted by molar-refractivity contribution is 7.19. The standard InChI is InChI=1S/C19H16S/c1-14(2)16-10-7-15(8-11-16)9-12-18-13-17-5-3-4-6-19(17)20-18/h3-8,10-11,13-14H,1-2H3. The molecular formula is C19H16S. The largest absolute Gasteiger partial charge is 0.127 e. The Morgan fingerprint density at radius 2 is 1.65 bits per heavy atom. The molecule has 1 heterocycles. The molecule has 1 aromatic heterocycles. The van der Waals surface area contributed by atoms with Crippen LogP contribution in [0, 0.1) is 11.8 Å². The Balaban J connectivity index is 1.87. The summed E-state index contributed by atoms with van der Waals surface area (Å²) in [5, 5.41) is 1.27. The summed E-state index contributed by atoms with van der Waals surface area (Å²) in [5.41, 5.74) is 2.43.